The third kappa shape index (κ3) is 3.33. The van der Waals surface area contributed by atoms with Gasteiger partial charge in [-0.25, -0.2) is 9.37 Å². The van der Waals surface area contributed by atoms with Gasteiger partial charge in [0.05, 0.1) is 5.56 Å². The Morgan fingerprint density at radius 2 is 2.04 bits per heavy atom. The minimum absolute atomic E-state index is 0.00886. The monoisotopic (exact) mass is 379 g/mol. The molecule has 0 spiro atoms. The van der Waals surface area contributed by atoms with Gasteiger partial charge in [-0.05, 0) is 24.3 Å². The number of fused-ring (bicyclic) bond motifs is 1. The molecule has 0 radical (unpaired) electrons. The van der Waals surface area contributed by atoms with Crippen LogP contribution in [0.1, 0.15) is 5.56 Å². The van der Waals surface area contributed by atoms with Crippen molar-refractivity contribution in [3.05, 3.63) is 76.5 Å². The van der Waals surface area contributed by atoms with E-state index in [1.165, 1.54) is 28.9 Å². The molecule has 2 aromatic heterocycles. The van der Waals surface area contributed by atoms with Crippen molar-refractivity contribution in [3.63, 3.8) is 0 Å². The van der Waals surface area contributed by atoms with E-state index in [0.29, 0.717) is 21.3 Å². The number of hydrogen-bond donors (Lipinski definition) is 1. The molecule has 0 atom stereocenters. The molecule has 4 rings (SSSR count). The van der Waals surface area contributed by atoms with E-state index < -0.39 is 5.82 Å². The molecule has 0 saturated heterocycles. The van der Waals surface area contributed by atoms with E-state index >= 15 is 0 Å². The quantitative estimate of drug-likeness (QED) is 0.581. The number of halogens is 1. The number of nitrogens with one attached hydrogen (secondary N) is 1. The van der Waals surface area contributed by atoms with Crippen molar-refractivity contribution in [2.75, 3.05) is 5.32 Å². The standard InChI is InChI=1S/C18H10FN5O2S/c19-13-9-12(22-17-23-24-16(25)7-8-21-18(24)27-17)5-6-15(13)26-14-4-2-1-3-11(14)10-20/h1-9H,(H,22,23). The van der Waals surface area contributed by atoms with Crippen LogP contribution in [0.4, 0.5) is 15.2 Å². The zero-order valence-corrected chi connectivity index (χ0v) is 14.4. The first-order chi connectivity index (χ1) is 13.1. The van der Waals surface area contributed by atoms with Crippen LogP contribution in [0.15, 0.2) is 59.5 Å². The highest BCUT2D eigenvalue weighted by Gasteiger charge is 2.11. The van der Waals surface area contributed by atoms with Crippen LogP contribution in [0.2, 0.25) is 0 Å². The number of benzene rings is 2. The van der Waals surface area contributed by atoms with E-state index in [0.717, 1.165) is 11.3 Å². The molecule has 0 aliphatic rings. The van der Waals surface area contributed by atoms with E-state index in [1.54, 1.807) is 30.3 Å². The van der Waals surface area contributed by atoms with Crippen LogP contribution in [0.5, 0.6) is 11.5 Å². The van der Waals surface area contributed by atoms with Crippen LogP contribution in [0.25, 0.3) is 4.96 Å². The maximum Gasteiger partial charge on any atom is 0.275 e. The van der Waals surface area contributed by atoms with Gasteiger partial charge >= 0.3 is 0 Å². The Balaban J connectivity index is 1.58. The highest BCUT2D eigenvalue weighted by atomic mass is 32.1. The number of rotatable bonds is 4. The lowest BCUT2D eigenvalue weighted by molar-refractivity contribution is 0.441. The van der Waals surface area contributed by atoms with Gasteiger partial charge in [-0.2, -0.15) is 9.78 Å². The third-order valence-corrected chi connectivity index (χ3v) is 4.42. The first-order valence-electron chi connectivity index (χ1n) is 7.72. The summed E-state index contributed by atoms with van der Waals surface area (Å²) < 4.78 is 21.1. The largest absolute Gasteiger partial charge is 0.453 e. The minimum Gasteiger partial charge on any atom is -0.453 e. The number of hydrogen-bond acceptors (Lipinski definition) is 7. The van der Waals surface area contributed by atoms with Crippen molar-refractivity contribution in [1.82, 2.24) is 14.6 Å². The van der Waals surface area contributed by atoms with E-state index in [2.05, 4.69) is 15.4 Å². The molecule has 2 heterocycles. The second kappa shape index (κ2) is 6.86. The second-order valence-corrected chi connectivity index (χ2v) is 6.32. The fraction of sp³-hybridized carbons (Fsp3) is 0. The summed E-state index contributed by atoms with van der Waals surface area (Å²) >= 11 is 1.16. The van der Waals surface area contributed by atoms with Crippen LogP contribution in [0, 0.1) is 17.1 Å². The Morgan fingerprint density at radius 3 is 2.81 bits per heavy atom. The minimum atomic E-state index is -0.607. The van der Waals surface area contributed by atoms with Gasteiger partial charge in [0, 0.05) is 24.0 Å². The lowest BCUT2D eigenvalue weighted by Crippen LogP contribution is -2.12. The normalized spacial score (nSPS) is 10.5. The summed E-state index contributed by atoms with van der Waals surface area (Å²) in [4.78, 5) is 16.2. The zero-order valence-electron chi connectivity index (χ0n) is 13.6. The number of nitriles is 1. The van der Waals surface area contributed by atoms with Crippen molar-refractivity contribution in [3.8, 4) is 17.6 Å². The highest BCUT2D eigenvalue weighted by Crippen LogP contribution is 2.30. The van der Waals surface area contributed by atoms with Gasteiger partial charge in [0.25, 0.3) is 5.56 Å². The molecule has 7 nitrogen and oxygen atoms in total. The summed E-state index contributed by atoms with van der Waals surface area (Å²) in [7, 11) is 0. The number of ether oxygens (including phenoxy) is 1. The number of aromatic nitrogens is 3. The van der Waals surface area contributed by atoms with Gasteiger partial charge in [0.2, 0.25) is 10.1 Å². The maximum absolute atomic E-state index is 14.4. The summed E-state index contributed by atoms with van der Waals surface area (Å²) in [6, 6.07) is 14.2. The molecular weight excluding hydrogens is 369 g/mol. The summed E-state index contributed by atoms with van der Waals surface area (Å²) in [5.74, 6) is -0.342. The fourth-order valence-corrected chi connectivity index (χ4v) is 3.14. The van der Waals surface area contributed by atoms with Crippen molar-refractivity contribution < 1.29 is 9.13 Å². The third-order valence-electron chi connectivity index (χ3n) is 3.58. The Morgan fingerprint density at radius 1 is 1.19 bits per heavy atom. The summed E-state index contributed by atoms with van der Waals surface area (Å²) in [6.45, 7) is 0. The van der Waals surface area contributed by atoms with Crippen LogP contribution in [-0.2, 0) is 0 Å². The van der Waals surface area contributed by atoms with Crippen molar-refractivity contribution in [2.24, 2.45) is 0 Å². The van der Waals surface area contributed by atoms with Gasteiger partial charge in [-0.3, -0.25) is 4.79 Å². The van der Waals surface area contributed by atoms with Crippen molar-refractivity contribution >= 4 is 27.1 Å². The molecule has 0 amide bonds. The lowest BCUT2D eigenvalue weighted by Gasteiger charge is -2.09. The van der Waals surface area contributed by atoms with Gasteiger partial charge in [0.1, 0.15) is 11.8 Å². The van der Waals surface area contributed by atoms with Crippen LogP contribution >= 0.6 is 11.3 Å². The lowest BCUT2D eigenvalue weighted by atomic mass is 10.2. The molecule has 0 fully saturated rings. The molecule has 0 saturated carbocycles. The van der Waals surface area contributed by atoms with E-state index in [-0.39, 0.29) is 17.1 Å². The van der Waals surface area contributed by atoms with E-state index in [4.69, 9.17) is 10.00 Å². The average Bonchev–Trinajstić information content (AvgIpc) is 3.08. The molecule has 0 aliphatic carbocycles. The van der Waals surface area contributed by atoms with Crippen LogP contribution in [-0.4, -0.2) is 14.6 Å². The first-order valence-corrected chi connectivity index (χ1v) is 8.54. The summed E-state index contributed by atoms with van der Waals surface area (Å²) in [6.07, 6.45) is 1.41. The molecule has 27 heavy (non-hydrogen) atoms. The van der Waals surface area contributed by atoms with Gasteiger partial charge in [-0.15, -0.1) is 5.10 Å². The Bertz CT molecular complexity index is 1240. The van der Waals surface area contributed by atoms with Crippen molar-refractivity contribution in [1.29, 1.82) is 5.26 Å². The predicted molar refractivity (Wildman–Crippen MR) is 98.0 cm³/mol. The summed E-state index contributed by atoms with van der Waals surface area (Å²) in [5, 5.41) is 16.5. The van der Waals surface area contributed by atoms with Gasteiger partial charge in [-0.1, -0.05) is 23.5 Å². The zero-order chi connectivity index (χ0) is 18.8. The molecule has 9 heteroatoms. The topological polar surface area (TPSA) is 92.3 Å². The van der Waals surface area contributed by atoms with E-state index in [9.17, 15) is 9.18 Å². The molecule has 2 aromatic carbocycles. The molecule has 0 aliphatic heterocycles. The molecule has 132 valence electrons. The predicted octanol–water partition coefficient (Wildman–Crippen LogP) is 3.70. The number of anilines is 2. The van der Waals surface area contributed by atoms with Crippen LogP contribution in [0.3, 0.4) is 0 Å². The second-order valence-electron chi connectivity index (χ2n) is 5.36. The highest BCUT2D eigenvalue weighted by molar-refractivity contribution is 7.20. The summed E-state index contributed by atoms with van der Waals surface area (Å²) in [5.41, 5.74) is 0.447. The Kier molecular flexibility index (Phi) is 4.24. The molecule has 0 unspecified atom stereocenters. The van der Waals surface area contributed by atoms with Gasteiger partial charge in [0.15, 0.2) is 11.6 Å². The molecule has 4 aromatic rings. The number of nitrogens with zero attached hydrogens (tertiary/aromatic N) is 4. The SMILES string of the molecule is N#Cc1ccccc1Oc1ccc(Nc2nn3c(=O)ccnc3s2)cc1F. The van der Waals surface area contributed by atoms with Crippen molar-refractivity contribution in [2.45, 2.75) is 0 Å². The molecular formula is C18H10FN5O2S. The average molecular weight is 379 g/mol. The molecule has 1 N–H and O–H groups in total. The van der Waals surface area contributed by atoms with E-state index in [1.807, 2.05) is 6.07 Å². The van der Waals surface area contributed by atoms with Gasteiger partial charge < -0.3 is 10.1 Å². The maximum atomic E-state index is 14.4. The Labute approximate surface area is 155 Å². The number of para-hydroxylation sites is 1. The fourth-order valence-electron chi connectivity index (χ4n) is 2.35. The van der Waals surface area contributed by atoms with Crippen LogP contribution < -0.4 is 15.6 Å². The molecule has 0 bridgehead atoms. The smallest absolute Gasteiger partial charge is 0.275 e. The first kappa shape index (κ1) is 16.7. The Hall–Kier alpha value is -3.77.